The Kier molecular flexibility index (Phi) is 2.69. The normalized spacial score (nSPS) is 9.30. The first-order valence-electron chi connectivity index (χ1n) is 3.10. The van der Waals surface area contributed by atoms with Gasteiger partial charge in [0.05, 0.1) is 0 Å². The lowest BCUT2D eigenvalue weighted by Gasteiger charge is -1.97. The minimum Gasteiger partial charge on any atom is -0.103 e. The average molecular weight is 196 g/mol. The summed E-state index contributed by atoms with van der Waals surface area (Å²) in [4.78, 5) is 0. The molecule has 0 heterocycles. The third-order valence-corrected chi connectivity index (χ3v) is 1.99. The van der Waals surface area contributed by atoms with Gasteiger partial charge in [0, 0.05) is 4.47 Å². The smallest absolute Gasteiger partial charge is 0.0289 e. The molecule has 0 aliphatic heterocycles. The highest BCUT2D eigenvalue weighted by Crippen LogP contribution is 2.15. The first kappa shape index (κ1) is 7.55. The van der Waals surface area contributed by atoms with Crippen LogP contribution in [-0.2, 0) is 6.42 Å². The summed E-state index contributed by atoms with van der Waals surface area (Å²) in [5.74, 6) is 0. The van der Waals surface area contributed by atoms with E-state index in [-0.39, 0.29) is 0 Å². The molecule has 51 valence electrons. The van der Waals surface area contributed by atoms with Crippen LogP contribution < -0.4 is 0 Å². The van der Waals surface area contributed by atoms with E-state index in [1.165, 1.54) is 5.56 Å². The highest BCUT2D eigenvalue weighted by molar-refractivity contribution is 9.10. The molecule has 0 unspecified atom stereocenters. The molecule has 0 bridgehead atoms. The summed E-state index contributed by atoms with van der Waals surface area (Å²) in [7, 11) is 0. The van der Waals surface area contributed by atoms with E-state index in [9.17, 15) is 0 Å². The fraction of sp³-hybridized carbons (Fsp3) is 0.111. The summed E-state index contributed by atoms with van der Waals surface area (Å²) in [6.45, 7) is 3.66. The highest BCUT2D eigenvalue weighted by atomic mass is 79.9. The van der Waals surface area contributed by atoms with Crippen molar-refractivity contribution >= 4 is 15.9 Å². The van der Waals surface area contributed by atoms with Crippen LogP contribution in [0.4, 0.5) is 0 Å². The summed E-state index contributed by atoms with van der Waals surface area (Å²) in [6, 6.07) is 8.97. The number of benzene rings is 1. The number of hydrogen-bond acceptors (Lipinski definition) is 0. The Balaban J connectivity index is 2.91. The van der Waals surface area contributed by atoms with Gasteiger partial charge < -0.3 is 0 Å². The van der Waals surface area contributed by atoms with Gasteiger partial charge in [-0.25, -0.2) is 0 Å². The molecule has 0 saturated heterocycles. The second kappa shape index (κ2) is 3.57. The Hall–Kier alpha value is -0.560. The number of allylic oxidation sites excluding steroid dienone is 1. The molecule has 10 heavy (non-hydrogen) atoms. The molecule has 0 aliphatic rings. The molecule has 0 aromatic heterocycles. The molecule has 0 fully saturated rings. The standard InChI is InChI=1S/C9H8Br/c1-2-5-8-6-3-4-7-9(8)10/h2-4,6H,1,5H2. The molecule has 1 heteroatoms. The van der Waals surface area contributed by atoms with Crippen LogP contribution in [0.25, 0.3) is 0 Å². The van der Waals surface area contributed by atoms with Crippen LogP contribution in [0.2, 0.25) is 0 Å². The van der Waals surface area contributed by atoms with Crippen LogP contribution in [-0.4, -0.2) is 0 Å². The number of halogens is 1. The van der Waals surface area contributed by atoms with Crippen molar-refractivity contribution in [3.8, 4) is 0 Å². The van der Waals surface area contributed by atoms with Crippen LogP contribution in [0.1, 0.15) is 5.56 Å². The molecule has 1 rings (SSSR count). The van der Waals surface area contributed by atoms with E-state index >= 15 is 0 Å². The number of hydrogen-bond donors (Lipinski definition) is 0. The zero-order valence-corrected chi connectivity index (χ0v) is 7.19. The van der Waals surface area contributed by atoms with E-state index in [0.29, 0.717) is 0 Å². The topological polar surface area (TPSA) is 0 Å². The van der Waals surface area contributed by atoms with Gasteiger partial charge in [-0.1, -0.05) is 24.3 Å². The van der Waals surface area contributed by atoms with E-state index in [2.05, 4.69) is 34.6 Å². The summed E-state index contributed by atoms with van der Waals surface area (Å²) < 4.78 is 1.04. The van der Waals surface area contributed by atoms with Crippen LogP contribution in [0, 0.1) is 6.07 Å². The van der Waals surface area contributed by atoms with Gasteiger partial charge >= 0.3 is 0 Å². The lowest BCUT2D eigenvalue weighted by atomic mass is 10.2. The van der Waals surface area contributed by atoms with Gasteiger partial charge in [-0.05, 0) is 34.0 Å². The second-order valence-corrected chi connectivity index (χ2v) is 2.80. The van der Waals surface area contributed by atoms with E-state index < -0.39 is 0 Å². The maximum atomic E-state index is 3.66. The zero-order valence-electron chi connectivity index (χ0n) is 5.60. The van der Waals surface area contributed by atoms with Crippen molar-refractivity contribution in [2.75, 3.05) is 0 Å². The maximum Gasteiger partial charge on any atom is 0.0289 e. The van der Waals surface area contributed by atoms with Gasteiger partial charge in [-0.15, -0.1) is 6.58 Å². The van der Waals surface area contributed by atoms with Gasteiger partial charge in [0.2, 0.25) is 0 Å². The van der Waals surface area contributed by atoms with Crippen molar-refractivity contribution < 1.29 is 0 Å². The number of rotatable bonds is 2. The third-order valence-electron chi connectivity index (χ3n) is 1.25. The highest BCUT2D eigenvalue weighted by Gasteiger charge is 1.93. The molecule has 0 nitrogen and oxygen atoms in total. The molecule has 1 aromatic carbocycles. The largest absolute Gasteiger partial charge is 0.103 e. The van der Waals surface area contributed by atoms with Crippen molar-refractivity contribution in [2.24, 2.45) is 0 Å². The van der Waals surface area contributed by atoms with Gasteiger partial charge in [0.25, 0.3) is 0 Å². The lowest BCUT2D eigenvalue weighted by molar-refractivity contribution is 1.25. The average Bonchev–Trinajstić information content (AvgIpc) is 1.94. The van der Waals surface area contributed by atoms with E-state index in [4.69, 9.17) is 0 Å². The van der Waals surface area contributed by atoms with Gasteiger partial charge in [-0.2, -0.15) is 0 Å². The van der Waals surface area contributed by atoms with Crippen molar-refractivity contribution in [3.63, 3.8) is 0 Å². The molecule has 1 aromatic rings. The predicted molar refractivity (Wildman–Crippen MR) is 46.9 cm³/mol. The Morgan fingerprint density at radius 2 is 2.50 bits per heavy atom. The van der Waals surface area contributed by atoms with Crippen LogP contribution in [0.5, 0.6) is 0 Å². The Bertz CT molecular complexity index is 228. The minimum atomic E-state index is 0.901. The van der Waals surface area contributed by atoms with Crippen LogP contribution >= 0.6 is 15.9 Å². The fourth-order valence-electron chi connectivity index (χ4n) is 0.765. The van der Waals surface area contributed by atoms with E-state index in [1.807, 2.05) is 18.2 Å². The van der Waals surface area contributed by atoms with Gasteiger partial charge in [0.1, 0.15) is 0 Å². The van der Waals surface area contributed by atoms with Crippen molar-refractivity contribution in [3.05, 3.63) is 47.0 Å². The monoisotopic (exact) mass is 195 g/mol. The zero-order chi connectivity index (χ0) is 7.40. The molecule has 0 atom stereocenters. The molecule has 0 saturated carbocycles. The van der Waals surface area contributed by atoms with E-state index in [0.717, 1.165) is 10.9 Å². The summed E-state index contributed by atoms with van der Waals surface area (Å²) in [6.07, 6.45) is 2.78. The quantitative estimate of drug-likeness (QED) is 0.638. The first-order chi connectivity index (χ1) is 4.84. The van der Waals surface area contributed by atoms with Crippen molar-refractivity contribution in [2.45, 2.75) is 6.42 Å². The lowest BCUT2D eigenvalue weighted by Crippen LogP contribution is -1.80. The predicted octanol–water partition coefficient (Wildman–Crippen LogP) is 2.98. The molecule has 0 N–H and O–H groups in total. The molecular weight excluding hydrogens is 188 g/mol. The first-order valence-corrected chi connectivity index (χ1v) is 3.90. The van der Waals surface area contributed by atoms with E-state index in [1.54, 1.807) is 0 Å². The van der Waals surface area contributed by atoms with Gasteiger partial charge in [0.15, 0.2) is 0 Å². The van der Waals surface area contributed by atoms with Crippen LogP contribution in [0.15, 0.2) is 35.3 Å². The van der Waals surface area contributed by atoms with Gasteiger partial charge in [-0.3, -0.25) is 0 Å². The molecule has 0 aliphatic carbocycles. The minimum absolute atomic E-state index is 0.901. The molecule has 1 radical (unpaired) electrons. The van der Waals surface area contributed by atoms with Crippen molar-refractivity contribution in [1.29, 1.82) is 0 Å². The second-order valence-electron chi connectivity index (χ2n) is 2.00. The maximum absolute atomic E-state index is 3.66. The third kappa shape index (κ3) is 1.71. The summed E-state index contributed by atoms with van der Waals surface area (Å²) in [5.41, 5.74) is 1.23. The van der Waals surface area contributed by atoms with Crippen molar-refractivity contribution in [1.82, 2.24) is 0 Å². The Labute approximate surface area is 69.7 Å². The summed E-state index contributed by atoms with van der Waals surface area (Å²) in [5, 5.41) is 0. The molecular formula is C9H8Br. The SMILES string of the molecule is C=CCc1ccc[c]c1Br. The Morgan fingerprint density at radius 1 is 1.70 bits per heavy atom. The molecule has 0 amide bonds. The summed E-state index contributed by atoms with van der Waals surface area (Å²) >= 11 is 3.39. The van der Waals surface area contributed by atoms with Crippen LogP contribution in [0.3, 0.4) is 0 Å². The fourth-order valence-corrected chi connectivity index (χ4v) is 1.19. The Morgan fingerprint density at radius 3 is 3.10 bits per heavy atom. The molecule has 0 spiro atoms.